The van der Waals surface area contributed by atoms with Crippen molar-refractivity contribution in [3.63, 3.8) is 0 Å². The minimum absolute atomic E-state index is 0.000825. The van der Waals surface area contributed by atoms with Gasteiger partial charge in [0.25, 0.3) is 5.91 Å². The number of hydrogen-bond acceptors (Lipinski definition) is 3. The Morgan fingerprint density at radius 2 is 2.05 bits per heavy atom. The second-order valence-electron chi connectivity index (χ2n) is 4.94. The first kappa shape index (κ1) is 13.7. The molecule has 1 heterocycles. The SMILES string of the molecule is CCCCCCCN1C(=O)COc2cccc(N)c21. The molecule has 104 valence electrons. The van der Waals surface area contributed by atoms with Crippen LogP contribution >= 0.6 is 0 Å². The van der Waals surface area contributed by atoms with Crippen LogP contribution in [0, 0.1) is 0 Å². The molecule has 0 saturated heterocycles. The maximum Gasteiger partial charge on any atom is 0.265 e. The van der Waals surface area contributed by atoms with Gasteiger partial charge in [-0.1, -0.05) is 38.7 Å². The van der Waals surface area contributed by atoms with Crippen molar-refractivity contribution >= 4 is 17.3 Å². The lowest BCUT2D eigenvalue weighted by molar-refractivity contribution is -0.121. The molecule has 1 aromatic carbocycles. The van der Waals surface area contributed by atoms with Crippen LogP contribution in [0.5, 0.6) is 5.75 Å². The monoisotopic (exact) mass is 262 g/mol. The number of anilines is 2. The molecular weight excluding hydrogens is 240 g/mol. The zero-order valence-corrected chi connectivity index (χ0v) is 11.5. The first-order chi connectivity index (χ1) is 9.24. The van der Waals surface area contributed by atoms with Crippen LogP contribution in [0.1, 0.15) is 39.0 Å². The van der Waals surface area contributed by atoms with E-state index in [2.05, 4.69) is 6.92 Å². The lowest BCUT2D eigenvalue weighted by Gasteiger charge is -2.30. The summed E-state index contributed by atoms with van der Waals surface area (Å²) in [5.74, 6) is 0.717. The molecule has 4 heteroatoms. The van der Waals surface area contributed by atoms with Gasteiger partial charge in [-0.15, -0.1) is 0 Å². The third-order valence-electron chi connectivity index (χ3n) is 3.44. The van der Waals surface area contributed by atoms with Gasteiger partial charge in [-0.25, -0.2) is 0 Å². The maximum atomic E-state index is 12.0. The predicted octanol–water partition coefficient (Wildman–Crippen LogP) is 2.96. The molecule has 0 radical (unpaired) electrons. The Labute approximate surface area is 114 Å². The van der Waals surface area contributed by atoms with Gasteiger partial charge in [0.15, 0.2) is 6.61 Å². The molecule has 0 fully saturated rings. The van der Waals surface area contributed by atoms with Crippen LogP contribution in [0.2, 0.25) is 0 Å². The van der Waals surface area contributed by atoms with Crippen molar-refractivity contribution in [3.8, 4) is 5.75 Å². The molecular formula is C15H22N2O2. The summed E-state index contributed by atoms with van der Waals surface area (Å²) in [5.41, 5.74) is 7.33. The van der Waals surface area contributed by atoms with E-state index in [4.69, 9.17) is 10.5 Å². The summed E-state index contributed by atoms with van der Waals surface area (Å²) in [5, 5.41) is 0. The molecule has 2 N–H and O–H groups in total. The zero-order valence-electron chi connectivity index (χ0n) is 11.5. The number of benzene rings is 1. The summed E-state index contributed by atoms with van der Waals surface area (Å²) in [6.07, 6.45) is 5.88. The van der Waals surface area contributed by atoms with E-state index in [1.54, 1.807) is 4.90 Å². The van der Waals surface area contributed by atoms with Crippen molar-refractivity contribution in [2.24, 2.45) is 0 Å². The van der Waals surface area contributed by atoms with E-state index in [9.17, 15) is 4.79 Å². The van der Waals surface area contributed by atoms with E-state index < -0.39 is 0 Å². The molecule has 1 aliphatic heterocycles. The van der Waals surface area contributed by atoms with E-state index in [0.29, 0.717) is 11.4 Å². The second-order valence-corrected chi connectivity index (χ2v) is 4.94. The maximum absolute atomic E-state index is 12.0. The van der Waals surface area contributed by atoms with Crippen molar-refractivity contribution < 1.29 is 9.53 Å². The Hall–Kier alpha value is -1.71. The highest BCUT2D eigenvalue weighted by Crippen LogP contribution is 2.37. The lowest BCUT2D eigenvalue weighted by Crippen LogP contribution is -2.39. The predicted molar refractivity (Wildman–Crippen MR) is 77.5 cm³/mol. The van der Waals surface area contributed by atoms with Crippen LogP contribution in [0.4, 0.5) is 11.4 Å². The number of para-hydroxylation sites is 1. The summed E-state index contributed by atoms with van der Waals surface area (Å²) in [7, 11) is 0. The van der Waals surface area contributed by atoms with Gasteiger partial charge in [-0.05, 0) is 18.6 Å². The summed E-state index contributed by atoms with van der Waals surface area (Å²) >= 11 is 0. The number of ether oxygens (including phenoxy) is 1. The smallest absolute Gasteiger partial charge is 0.265 e. The highest BCUT2D eigenvalue weighted by molar-refractivity contribution is 6.01. The molecule has 0 atom stereocenters. The number of carbonyl (C=O) groups is 1. The fourth-order valence-corrected chi connectivity index (χ4v) is 2.40. The van der Waals surface area contributed by atoms with E-state index in [-0.39, 0.29) is 12.5 Å². The fraction of sp³-hybridized carbons (Fsp3) is 0.533. The molecule has 0 bridgehead atoms. The van der Waals surface area contributed by atoms with Crippen LogP contribution in [0.3, 0.4) is 0 Å². The Morgan fingerprint density at radius 1 is 1.26 bits per heavy atom. The van der Waals surface area contributed by atoms with Crippen molar-refractivity contribution in [3.05, 3.63) is 18.2 Å². The number of fused-ring (bicyclic) bond motifs is 1. The third-order valence-corrected chi connectivity index (χ3v) is 3.44. The average Bonchev–Trinajstić information content (AvgIpc) is 2.41. The minimum Gasteiger partial charge on any atom is -0.481 e. The van der Waals surface area contributed by atoms with Gasteiger partial charge in [-0.2, -0.15) is 0 Å². The molecule has 1 amide bonds. The van der Waals surface area contributed by atoms with Gasteiger partial charge in [0.05, 0.1) is 5.69 Å². The van der Waals surface area contributed by atoms with Gasteiger partial charge >= 0.3 is 0 Å². The molecule has 0 aliphatic carbocycles. The minimum atomic E-state index is 0.000825. The highest BCUT2D eigenvalue weighted by atomic mass is 16.5. The van der Waals surface area contributed by atoms with E-state index in [0.717, 1.165) is 25.1 Å². The summed E-state index contributed by atoms with van der Waals surface area (Å²) in [6, 6.07) is 5.52. The number of carbonyl (C=O) groups excluding carboxylic acids is 1. The van der Waals surface area contributed by atoms with Crippen LogP contribution in [0.25, 0.3) is 0 Å². The van der Waals surface area contributed by atoms with E-state index >= 15 is 0 Å². The van der Waals surface area contributed by atoms with Crippen LogP contribution in [-0.4, -0.2) is 19.1 Å². The number of unbranched alkanes of at least 4 members (excludes halogenated alkanes) is 4. The fourth-order valence-electron chi connectivity index (χ4n) is 2.40. The Morgan fingerprint density at radius 3 is 2.84 bits per heavy atom. The topological polar surface area (TPSA) is 55.6 Å². The molecule has 0 aromatic heterocycles. The second kappa shape index (κ2) is 6.45. The quantitative estimate of drug-likeness (QED) is 0.633. The molecule has 2 rings (SSSR count). The van der Waals surface area contributed by atoms with Gasteiger partial charge in [0.2, 0.25) is 0 Å². The highest BCUT2D eigenvalue weighted by Gasteiger charge is 2.26. The summed E-state index contributed by atoms with van der Waals surface area (Å²) < 4.78 is 5.42. The van der Waals surface area contributed by atoms with Crippen LogP contribution in [-0.2, 0) is 4.79 Å². The molecule has 4 nitrogen and oxygen atoms in total. The van der Waals surface area contributed by atoms with Crippen molar-refractivity contribution in [1.29, 1.82) is 0 Å². The Balaban J connectivity index is 2.02. The lowest BCUT2D eigenvalue weighted by atomic mass is 10.1. The Bertz CT molecular complexity index is 446. The first-order valence-corrected chi connectivity index (χ1v) is 7.05. The Kier molecular flexibility index (Phi) is 4.66. The number of nitrogens with two attached hydrogens (primary N) is 1. The summed E-state index contributed by atoms with van der Waals surface area (Å²) in [6.45, 7) is 3.04. The van der Waals surface area contributed by atoms with E-state index in [1.165, 1.54) is 19.3 Å². The number of amides is 1. The first-order valence-electron chi connectivity index (χ1n) is 7.05. The normalized spacial score (nSPS) is 14.2. The average molecular weight is 262 g/mol. The van der Waals surface area contributed by atoms with Crippen LogP contribution < -0.4 is 15.4 Å². The molecule has 1 aromatic rings. The number of nitrogen functional groups attached to an aromatic ring is 1. The molecule has 1 aliphatic rings. The van der Waals surface area contributed by atoms with Gasteiger partial charge in [-0.3, -0.25) is 4.79 Å². The summed E-state index contributed by atoms with van der Waals surface area (Å²) in [4.78, 5) is 13.8. The van der Waals surface area contributed by atoms with Gasteiger partial charge in [0, 0.05) is 6.54 Å². The van der Waals surface area contributed by atoms with Crippen molar-refractivity contribution in [2.45, 2.75) is 39.0 Å². The zero-order chi connectivity index (χ0) is 13.7. The van der Waals surface area contributed by atoms with Gasteiger partial charge in [0.1, 0.15) is 11.4 Å². The molecule has 0 unspecified atom stereocenters. The number of nitrogens with zero attached hydrogens (tertiary/aromatic N) is 1. The molecule has 19 heavy (non-hydrogen) atoms. The van der Waals surface area contributed by atoms with Crippen LogP contribution in [0.15, 0.2) is 18.2 Å². The standard InChI is InChI=1S/C15H22N2O2/c1-2-3-4-5-6-10-17-14(18)11-19-13-9-7-8-12(16)15(13)17/h7-9H,2-6,10-11,16H2,1H3. The third kappa shape index (κ3) is 3.19. The molecule has 0 saturated carbocycles. The largest absolute Gasteiger partial charge is 0.481 e. The van der Waals surface area contributed by atoms with E-state index in [1.807, 2.05) is 18.2 Å². The molecule has 0 spiro atoms. The number of rotatable bonds is 6. The van der Waals surface area contributed by atoms with Crippen molar-refractivity contribution in [2.75, 3.05) is 23.8 Å². The number of hydrogen-bond donors (Lipinski definition) is 1. The van der Waals surface area contributed by atoms with Gasteiger partial charge < -0.3 is 15.4 Å². The van der Waals surface area contributed by atoms with Crippen molar-refractivity contribution in [1.82, 2.24) is 0 Å².